The predicted molar refractivity (Wildman–Crippen MR) is 117 cm³/mol. The number of hydrogen-bond acceptors (Lipinski definition) is 4. The molecule has 1 amide bonds. The quantitative estimate of drug-likeness (QED) is 0.763. The summed E-state index contributed by atoms with van der Waals surface area (Å²) in [6.07, 6.45) is 0.637. The zero-order chi connectivity index (χ0) is 18.6. The van der Waals surface area contributed by atoms with Crippen molar-refractivity contribution in [3.8, 4) is 0 Å². The standard InChI is InChI=1S/C21H24FN3O2.2ClH/c22-20-17-7-8-23-13-15(17)5-6-19(20)24-21(26)18-4-2-1-3-16(18)14-25-9-11-27-12-10-25;;/h1-6,23H,7-14H2,(H,24,26);2*1H. The number of benzene rings is 2. The Morgan fingerprint density at radius 1 is 1.14 bits per heavy atom. The number of hydrogen-bond donors (Lipinski definition) is 2. The Labute approximate surface area is 182 Å². The Hall–Kier alpha value is -1.70. The van der Waals surface area contributed by atoms with Crippen LogP contribution in [0.2, 0.25) is 0 Å². The van der Waals surface area contributed by atoms with E-state index in [1.54, 1.807) is 12.1 Å². The van der Waals surface area contributed by atoms with E-state index >= 15 is 0 Å². The predicted octanol–water partition coefficient (Wildman–Crippen LogP) is 3.40. The minimum atomic E-state index is -0.312. The van der Waals surface area contributed by atoms with E-state index in [-0.39, 0.29) is 42.2 Å². The molecular weight excluding hydrogens is 416 g/mol. The number of rotatable bonds is 4. The van der Waals surface area contributed by atoms with Gasteiger partial charge >= 0.3 is 0 Å². The summed E-state index contributed by atoms with van der Waals surface area (Å²) in [6.45, 7) is 5.23. The highest BCUT2D eigenvalue weighted by molar-refractivity contribution is 6.05. The fourth-order valence-electron chi connectivity index (χ4n) is 3.70. The van der Waals surface area contributed by atoms with Crippen molar-refractivity contribution in [1.82, 2.24) is 10.2 Å². The van der Waals surface area contributed by atoms with E-state index in [2.05, 4.69) is 15.5 Å². The second-order valence-electron chi connectivity index (χ2n) is 6.99. The summed E-state index contributed by atoms with van der Waals surface area (Å²) in [4.78, 5) is 15.1. The second kappa shape index (κ2) is 10.9. The van der Waals surface area contributed by atoms with E-state index in [1.165, 1.54) is 0 Å². The van der Waals surface area contributed by atoms with Gasteiger partial charge in [-0.25, -0.2) is 4.39 Å². The summed E-state index contributed by atoms with van der Waals surface area (Å²) in [5, 5.41) is 6.01. The van der Waals surface area contributed by atoms with Crippen molar-refractivity contribution in [2.75, 3.05) is 38.2 Å². The zero-order valence-electron chi connectivity index (χ0n) is 16.1. The minimum Gasteiger partial charge on any atom is -0.379 e. The lowest BCUT2D eigenvalue weighted by Gasteiger charge is -2.27. The average molecular weight is 442 g/mol. The molecule has 0 aromatic heterocycles. The van der Waals surface area contributed by atoms with E-state index in [9.17, 15) is 9.18 Å². The van der Waals surface area contributed by atoms with Gasteiger partial charge in [-0.1, -0.05) is 24.3 Å². The zero-order valence-corrected chi connectivity index (χ0v) is 17.7. The van der Waals surface area contributed by atoms with Crippen LogP contribution in [0.4, 0.5) is 10.1 Å². The number of anilines is 1. The lowest BCUT2D eigenvalue weighted by Crippen LogP contribution is -2.36. The Morgan fingerprint density at radius 3 is 2.69 bits per heavy atom. The van der Waals surface area contributed by atoms with Crippen molar-refractivity contribution in [2.24, 2.45) is 0 Å². The third kappa shape index (κ3) is 5.47. The number of amides is 1. The molecule has 0 bridgehead atoms. The number of fused-ring (bicyclic) bond motifs is 1. The highest BCUT2D eigenvalue weighted by atomic mass is 35.5. The Kier molecular flexibility index (Phi) is 8.86. The van der Waals surface area contributed by atoms with Crippen molar-refractivity contribution < 1.29 is 13.9 Å². The van der Waals surface area contributed by atoms with Gasteiger partial charge in [-0.3, -0.25) is 9.69 Å². The maximum Gasteiger partial charge on any atom is 0.256 e. The molecule has 0 unspecified atom stereocenters. The molecule has 8 heteroatoms. The number of carbonyl (C=O) groups is 1. The highest BCUT2D eigenvalue weighted by Gasteiger charge is 2.20. The Bertz CT molecular complexity index is 845. The first-order chi connectivity index (χ1) is 13.2. The van der Waals surface area contributed by atoms with Crippen LogP contribution < -0.4 is 10.6 Å². The normalized spacial score (nSPS) is 16.2. The van der Waals surface area contributed by atoms with Crippen molar-refractivity contribution >= 4 is 36.4 Å². The average Bonchev–Trinajstić information content (AvgIpc) is 2.71. The van der Waals surface area contributed by atoms with E-state index in [0.717, 1.165) is 30.8 Å². The first kappa shape index (κ1) is 23.6. The number of ether oxygens (including phenoxy) is 1. The summed E-state index contributed by atoms with van der Waals surface area (Å²) in [6, 6.07) is 11.1. The molecule has 0 saturated carbocycles. The van der Waals surface area contributed by atoms with Gasteiger partial charge in [-0.15, -0.1) is 24.8 Å². The van der Waals surface area contributed by atoms with E-state index in [0.29, 0.717) is 43.9 Å². The molecule has 2 heterocycles. The van der Waals surface area contributed by atoms with Gasteiger partial charge in [0.15, 0.2) is 0 Å². The third-order valence-electron chi connectivity index (χ3n) is 5.22. The van der Waals surface area contributed by atoms with Crippen molar-refractivity contribution in [1.29, 1.82) is 0 Å². The van der Waals surface area contributed by atoms with Gasteiger partial charge < -0.3 is 15.4 Å². The van der Waals surface area contributed by atoms with Crippen LogP contribution in [-0.4, -0.2) is 43.7 Å². The molecular formula is C21H26Cl2FN3O2. The first-order valence-electron chi connectivity index (χ1n) is 9.42. The molecule has 2 aromatic carbocycles. The largest absolute Gasteiger partial charge is 0.379 e. The van der Waals surface area contributed by atoms with Gasteiger partial charge in [0.1, 0.15) is 5.82 Å². The smallest absolute Gasteiger partial charge is 0.256 e. The van der Waals surface area contributed by atoms with E-state index in [1.807, 2.05) is 24.3 Å². The maximum absolute atomic E-state index is 14.8. The lowest BCUT2D eigenvalue weighted by molar-refractivity contribution is 0.0341. The fourth-order valence-corrected chi connectivity index (χ4v) is 3.70. The number of halogens is 3. The number of morpholine rings is 1. The van der Waals surface area contributed by atoms with Crippen LogP contribution in [-0.2, 0) is 24.2 Å². The molecule has 2 aliphatic rings. The van der Waals surface area contributed by atoms with Gasteiger partial charge in [0.2, 0.25) is 0 Å². The monoisotopic (exact) mass is 441 g/mol. The molecule has 2 aliphatic heterocycles. The van der Waals surface area contributed by atoms with Crippen LogP contribution in [0.3, 0.4) is 0 Å². The van der Waals surface area contributed by atoms with Gasteiger partial charge in [0.25, 0.3) is 5.91 Å². The summed E-state index contributed by atoms with van der Waals surface area (Å²) in [5.41, 5.74) is 3.45. The molecule has 5 nitrogen and oxygen atoms in total. The van der Waals surface area contributed by atoms with Gasteiger partial charge in [0.05, 0.1) is 18.9 Å². The van der Waals surface area contributed by atoms with Crippen LogP contribution in [0, 0.1) is 5.82 Å². The molecule has 0 aliphatic carbocycles. The summed E-state index contributed by atoms with van der Waals surface area (Å²) in [7, 11) is 0. The van der Waals surface area contributed by atoms with Crippen LogP contribution in [0.5, 0.6) is 0 Å². The van der Waals surface area contributed by atoms with Crippen LogP contribution >= 0.6 is 24.8 Å². The molecule has 0 radical (unpaired) electrons. The molecule has 2 N–H and O–H groups in total. The number of nitrogens with one attached hydrogen (secondary N) is 2. The number of nitrogens with zero attached hydrogens (tertiary/aromatic N) is 1. The van der Waals surface area contributed by atoms with Crippen molar-refractivity contribution in [2.45, 2.75) is 19.5 Å². The summed E-state index contributed by atoms with van der Waals surface area (Å²) >= 11 is 0. The second-order valence-corrected chi connectivity index (χ2v) is 6.99. The van der Waals surface area contributed by atoms with Gasteiger partial charge in [-0.2, -0.15) is 0 Å². The summed E-state index contributed by atoms with van der Waals surface area (Å²) < 4.78 is 20.2. The molecule has 29 heavy (non-hydrogen) atoms. The van der Waals surface area contributed by atoms with Gasteiger partial charge in [0, 0.05) is 31.7 Å². The van der Waals surface area contributed by atoms with Crippen molar-refractivity contribution in [3.05, 3.63) is 64.5 Å². The molecule has 158 valence electrons. The molecule has 0 spiro atoms. The molecule has 4 rings (SSSR count). The minimum absolute atomic E-state index is 0. The Balaban J connectivity index is 0.00000150. The van der Waals surface area contributed by atoms with Crippen LogP contribution in [0.15, 0.2) is 36.4 Å². The molecule has 2 aromatic rings. The topological polar surface area (TPSA) is 53.6 Å². The SMILES string of the molecule is Cl.Cl.O=C(Nc1ccc2c(c1F)CCNC2)c1ccccc1CN1CCOCC1. The third-order valence-corrected chi connectivity index (χ3v) is 5.22. The molecule has 1 saturated heterocycles. The van der Waals surface area contributed by atoms with E-state index < -0.39 is 0 Å². The van der Waals surface area contributed by atoms with Crippen LogP contribution in [0.25, 0.3) is 0 Å². The first-order valence-corrected chi connectivity index (χ1v) is 9.42. The Morgan fingerprint density at radius 2 is 1.90 bits per heavy atom. The molecule has 1 fully saturated rings. The fraction of sp³-hybridized carbons (Fsp3) is 0.381. The van der Waals surface area contributed by atoms with Crippen molar-refractivity contribution in [3.63, 3.8) is 0 Å². The van der Waals surface area contributed by atoms with Crippen LogP contribution in [0.1, 0.15) is 27.0 Å². The number of carbonyl (C=O) groups excluding carboxylic acids is 1. The highest BCUT2D eigenvalue weighted by Crippen LogP contribution is 2.25. The maximum atomic E-state index is 14.8. The molecule has 0 atom stereocenters. The lowest BCUT2D eigenvalue weighted by atomic mass is 9.99. The summed E-state index contributed by atoms with van der Waals surface area (Å²) in [5.74, 6) is -0.584. The van der Waals surface area contributed by atoms with Gasteiger partial charge in [-0.05, 0) is 41.8 Å². The van der Waals surface area contributed by atoms with E-state index in [4.69, 9.17) is 4.74 Å².